The molecule has 0 bridgehead atoms. The summed E-state index contributed by atoms with van der Waals surface area (Å²) in [6, 6.07) is 5.02. The maximum Gasteiger partial charge on any atom is 0.295 e. The van der Waals surface area contributed by atoms with Crippen LogP contribution in [-0.2, 0) is 20.2 Å². The van der Waals surface area contributed by atoms with E-state index in [0.717, 1.165) is 6.07 Å². The summed E-state index contributed by atoms with van der Waals surface area (Å²) in [7, 11) is -9.10. The lowest BCUT2D eigenvalue weighted by Gasteiger charge is -2.10. The van der Waals surface area contributed by atoms with Crippen LogP contribution in [0.25, 0.3) is 10.8 Å². The molecule has 0 aliphatic carbocycles. The third-order valence-electron chi connectivity index (χ3n) is 2.68. The van der Waals surface area contributed by atoms with Gasteiger partial charge in [0.1, 0.15) is 9.79 Å². The molecule has 0 spiro atoms. The zero-order valence-corrected chi connectivity index (χ0v) is 12.6. The molecule has 0 aliphatic heterocycles. The van der Waals surface area contributed by atoms with E-state index < -0.39 is 30.0 Å². The van der Waals surface area contributed by atoms with Gasteiger partial charge in [-0.15, -0.1) is 12.6 Å². The van der Waals surface area contributed by atoms with Crippen molar-refractivity contribution in [2.24, 2.45) is 0 Å². The van der Waals surface area contributed by atoms with Crippen molar-refractivity contribution in [2.45, 2.75) is 21.6 Å². The van der Waals surface area contributed by atoms with Crippen LogP contribution in [0.2, 0.25) is 0 Å². The Balaban J connectivity index is 3.13. The van der Waals surface area contributed by atoms with Gasteiger partial charge < -0.3 is 0 Å². The van der Waals surface area contributed by atoms with E-state index in [1.165, 1.54) is 25.1 Å². The van der Waals surface area contributed by atoms with Crippen LogP contribution in [0, 0.1) is 6.92 Å². The van der Waals surface area contributed by atoms with Crippen LogP contribution in [-0.4, -0.2) is 25.9 Å². The Labute approximate surface area is 121 Å². The first kappa shape index (κ1) is 15.3. The number of hydrogen-bond acceptors (Lipinski definition) is 5. The summed E-state index contributed by atoms with van der Waals surface area (Å²) in [6.07, 6.45) is 0. The van der Waals surface area contributed by atoms with E-state index in [1.807, 2.05) is 0 Å². The molecule has 2 aromatic carbocycles. The standard InChI is InChI=1S/C11H10O6S3/c1-6-2-8-9(10(3-6)19(12,13)14)4-7(18)5-11(8)20(15,16)17/h2-5,18H,1H3,(H,12,13,14)(H,15,16,17). The molecule has 2 aromatic rings. The predicted molar refractivity (Wildman–Crippen MR) is 75.6 cm³/mol. The third-order valence-corrected chi connectivity index (χ3v) is 4.72. The molecule has 0 radical (unpaired) electrons. The number of thiol groups is 1. The summed E-state index contributed by atoms with van der Waals surface area (Å²) in [5.74, 6) is 0. The number of benzene rings is 2. The summed E-state index contributed by atoms with van der Waals surface area (Å²) in [5, 5.41) is -0.0313. The van der Waals surface area contributed by atoms with Gasteiger partial charge in [0, 0.05) is 15.7 Å². The van der Waals surface area contributed by atoms with Crippen LogP contribution >= 0.6 is 12.6 Å². The van der Waals surface area contributed by atoms with Crippen LogP contribution in [0.5, 0.6) is 0 Å². The number of fused-ring (bicyclic) bond motifs is 1. The molecule has 0 saturated carbocycles. The third kappa shape index (κ3) is 2.81. The SMILES string of the molecule is Cc1cc(S(=O)(=O)O)c2cc(S)cc(S(=O)(=O)O)c2c1. The van der Waals surface area contributed by atoms with Gasteiger partial charge in [0.05, 0.1) is 0 Å². The lowest BCUT2D eigenvalue weighted by molar-refractivity contribution is 0.481. The van der Waals surface area contributed by atoms with Crippen molar-refractivity contribution in [3.63, 3.8) is 0 Å². The molecule has 0 amide bonds. The number of rotatable bonds is 2. The van der Waals surface area contributed by atoms with Gasteiger partial charge in [-0.05, 0) is 36.8 Å². The summed E-state index contributed by atoms with van der Waals surface area (Å²) >= 11 is 3.98. The smallest absolute Gasteiger partial charge is 0.282 e. The molecule has 0 aliphatic rings. The van der Waals surface area contributed by atoms with Crippen molar-refractivity contribution in [3.8, 4) is 0 Å². The molecule has 0 atom stereocenters. The maximum atomic E-state index is 11.4. The molecule has 0 fully saturated rings. The highest BCUT2D eigenvalue weighted by Gasteiger charge is 2.21. The largest absolute Gasteiger partial charge is 0.295 e. The van der Waals surface area contributed by atoms with Crippen LogP contribution in [0.15, 0.2) is 39.0 Å². The topological polar surface area (TPSA) is 109 Å². The van der Waals surface area contributed by atoms with E-state index in [2.05, 4.69) is 12.6 Å². The number of aryl methyl sites for hydroxylation is 1. The molecule has 2 N–H and O–H groups in total. The zero-order chi connectivity index (χ0) is 15.3. The lowest BCUT2D eigenvalue weighted by Crippen LogP contribution is -2.04. The average molecular weight is 334 g/mol. The van der Waals surface area contributed by atoms with Crippen molar-refractivity contribution >= 4 is 43.6 Å². The Kier molecular flexibility index (Phi) is 3.59. The summed E-state index contributed by atoms with van der Waals surface area (Å²) in [4.78, 5) is -0.763. The van der Waals surface area contributed by atoms with E-state index in [9.17, 15) is 25.9 Å². The van der Waals surface area contributed by atoms with E-state index in [1.54, 1.807) is 0 Å². The first-order valence-electron chi connectivity index (χ1n) is 5.22. The molecule has 6 nitrogen and oxygen atoms in total. The monoisotopic (exact) mass is 334 g/mol. The second-order valence-electron chi connectivity index (χ2n) is 4.25. The fraction of sp³-hybridized carbons (Fsp3) is 0.0909. The Morgan fingerprint density at radius 1 is 0.850 bits per heavy atom. The van der Waals surface area contributed by atoms with Crippen molar-refractivity contribution < 1.29 is 25.9 Å². The van der Waals surface area contributed by atoms with Crippen molar-refractivity contribution in [3.05, 3.63) is 29.8 Å². The first-order chi connectivity index (χ1) is 9.00. The van der Waals surface area contributed by atoms with Gasteiger partial charge >= 0.3 is 0 Å². The van der Waals surface area contributed by atoms with Crippen molar-refractivity contribution in [2.75, 3.05) is 0 Å². The molecule has 0 saturated heterocycles. The molecule has 9 heteroatoms. The van der Waals surface area contributed by atoms with Crippen molar-refractivity contribution in [1.29, 1.82) is 0 Å². The van der Waals surface area contributed by atoms with Crippen molar-refractivity contribution in [1.82, 2.24) is 0 Å². The Morgan fingerprint density at radius 2 is 1.30 bits per heavy atom. The molecule has 108 valence electrons. The minimum absolute atomic E-state index is 0.00192. The highest BCUT2D eigenvalue weighted by Crippen LogP contribution is 2.32. The van der Waals surface area contributed by atoms with Gasteiger partial charge in [0.25, 0.3) is 20.2 Å². The second-order valence-corrected chi connectivity index (χ2v) is 7.55. The Bertz CT molecular complexity index is 836. The van der Waals surface area contributed by atoms with Crippen LogP contribution in [0.4, 0.5) is 0 Å². The predicted octanol–water partition coefficient (Wildman–Crippen LogP) is 1.93. The molecular formula is C11H10O6S3. The first-order valence-corrected chi connectivity index (χ1v) is 8.55. The molecule has 0 aromatic heterocycles. The second kappa shape index (κ2) is 4.71. The Hall–Kier alpha value is -1.13. The van der Waals surface area contributed by atoms with E-state index in [4.69, 9.17) is 0 Å². The average Bonchev–Trinajstić information content (AvgIpc) is 2.25. The molecule has 2 rings (SSSR count). The minimum Gasteiger partial charge on any atom is -0.282 e. The normalized spacial score (nSPS) is 12.8. The van der Waals surface area contributed by atoms with Crippen LogP contribution in [0.3, 0.4) is 0 Å². The van der Waals surface area contributed by atoms with E-state index in [0.29, 0.717) is 5.56 Å². The fourth-order valence-corrected chi connectivity index (χ4v) is 3.80. The molecular weight excluding hydrogens is 324 g/mol. The summed E-state index contributed by atoms with van der Waals surface area (Å²) in [5.41, 5.74) is 0.418. The number of hydrogen-bond donors (Lipinski definition) is 3. The zero-order valence-electron chi connectivity index (χ0n) is 10.1. The molecule has 20 heavy (non-hydrogen) atoms. The van der Waals surface area contributed by atoms with Gasteiger partial charge in [-0.25, -0.2) is 0 Å². The highest BCUT2D eigenvalue weighted by molar-refractivity contribution is 7.86. The van der Waals surface area contributed by atoms with Gasteiger partial charge in [-0.3, -0.25) is 9.11 Å². The molecule has 0 heterocycles. The molecule has 0 unspecified atom stereocenters. The minimum atomic E-state index is -4.56. The summed E-state index contributed by atoms with van der Waals surface area (Å²) < 4.78 is 64.0. The Morgan fingerprint density at radius 3 is 1.80 bits per heavy atom. The summed E-state index contributed by atoms with van der Waals surface area (Å²) in [6.45, 7) is 1.54. The highest BCUT2D eigenvalue weighted by atomic mass is 32.2. The van der Waals surface area contributed by atoms with Crippen LogP contribution < -0.4 is 0 Å². The lowest BCUT2D eigenvalue weighted by atomic mass is 10.1. The quantitative estimate of drug-likeness (QED) is 0.572. The van der Waals surface area contributed by atoms with E-state index in [-0.39, 0.29) is 15.7 Å². The van der Waals surface area contributed by atoms with Crippen LogP contribution in [0.1, 0.15) is 5.56 Å². The van der Waals surface area contributed by atoms with E-state index >= 15 is 0 Å². The maximum absolute atomic E-state index is 11.4. The van der Waals surface area contributed by atoms with Gasteiger partial charge in [0.15, 0.2) is 0 Å². The fourth-order valence-electron chi connectivity index (χ4n) is 1.95. The van der Waals surface area contributed by atoms with Gasteiger partial charge in [0.2, 0.25) is 0 Å². The van der Waals surface area contributed by atoms with Gasteiger partial charge in [-0.1, -0.05) is 0 Å². The van der Waals surface area contributed by atoms with Gasteiger partial charge in [-0.2, -0.15) is 16.8 Å².